The van der Waals surface area contributed by atoms with Crippen LogP contribution in [-0.2, 0) is 28.7 Å². The van der Waals surface area contributed by atoms with Crippen molar-refractivity contribution in [3.8, 4) is 0 Å². The molecule has 2 aromatic rings. The van der Waals surface area contributed by atoms with Crippen molar-refractivity contribution in [1.82, 2.24) is 14.8 Å². The SMILES string of the molecule is COC(=O)c1cccc(C2CCN([C@@H]3CC[C@@](C(=O)N4CCc5ncc(C(F)(F)F)cc5C4)(C(C)C)C3)CC2)c1C. The van der Waals surface area contributed by atoms with Gasteiger partial charge in [-0.3, -0.25) is 9.78 Å². The van der Waals surface area contributed by atoms with Crippen LogP contribution in [0.15, 0.2) is 30.5 Å². The molecule has 1 aromatic heterocycles. The fourth-order valence-electron chi connectivity index (χ4n) is 7.40. The van der Waals surface area contributed by atoms with Gasteiger partial charge in [-0.25, -0.2) is 4.79 Å². The first-order valence-corrected chi connectivity index (χ1v) is 14.7. The molecule has 0 unspecified atom stereocenters. The van der Waals surface area contributed by atoms with E-state index in [-0.39, 0.29) is 24.3 Å². The minimum atomic E-state index is -4.46. The van der Waals surface area contributed by atoms with Crippen LogP contribution in [0.25, 0.3) is 0 Å². The Morgan fingerprint density at radius 3 is 2.51 bits per heavy atom. The highest BCUT2D eigenvalue weighted by Crippen LogP contribution is 2.49. The Morgan fingerprint density at radius 2 is 1.85 bits per heavy atom. The average molecular weight is 572 g/mol. The standard InChI is InChI=1S/C32H40F3N3O3/c1-20(2)31(30(40)38-15-11-28-23(19-38)16-24(18-36-28)32(33,34)35)12-8-25(17-31)37-13-9-22(10-14-37)26-6-5-7-27(21(26)3)29(39)41-4/h5-7,16,18,20,22,25H,8-15,17,19H2,1-4H3/t25-,31+/m1/s1. The van der Waals surface area contributed by atoms with Crippen molar-refractivity contribution < 1.29 is 27.5 Å². The number of hydrogen-bond acceptors (Lipinski definition) is 5. The molecule has 3 heterocycles. The lowest BCUT2D eigenvalue weighted by Gasteiger charge is -2.41. The van der Waals surface area contributed by atoms with Crippen LogP contribution in [0, 0.1) is 18.3 Å². The zero-order valence-electron chi connectivity index (χ0n) is 24.4. The molecule has 222 valence electrons. The number of amides is 1. The number of piperidine rings is 1. The Balaban J connectivity index is 1.26. The van der Waals surface area contributed by atoms with E-state index in [1.54, 1.807) is 4.90 Å². The van der Waals surface area contributed by atoms with Crippen molar-refractivity contribution in [3.63, 3.8) is 0 Å². The minimum Gasteiger partial charge on any atom is -0.465 e. The number of esters is 1. The van der Waals surface area contributed by atoms with Gasteiger partial charge in [0.25, 0.3) is 0 Å². The first-order chi connectivity index (χ1) is 19.4. The van der Waals surface area contributed by atoms with E-state index in [1.165, 1.54) is 12.7 Å². The van der Waals surface area contributed by atoms with Crippen molar-refractivity contribution in [2.75, 3.05) is 26.7 Å². The number of carbonyl (C=O) groups is 2. The van der Waals surface area contributed by atoms with Crippen LogP contribution < -0.4 is 0 Å². The summed E-state index contributed by atoms with van der Waals surface area (Å²) in [5.41, 5.74) is 2.69. The molecular formula is C32H40F3N3O3. The van der Waals surface area contributed by atoms with Crippen LogP contribution in [0.5, 0.6) is 0 Å². The topological polar surface area (TPSA) is 62.7 Å². The van der Waals surface area contributed by atoms with Gasteiger partial charge in [0.2, 0.25) is 5.91 Å². The average Bonchev–Trinajstić information content (AvgIpc) is 3.42. The van der Waals surface area contributed by atoms with Gasteiger partial charge in [-0.05, 0) is 92.8 Å². The molecule has 2 atom stereocenters. The van der Waals surface area contributed by atoms with Gasteiger partial charge in [0.1, 0.15) is 0 Å². The summed E-state index contributed by atoms with van der Waals surface area (Å²) < 4.78 is 44.9. The van der Waals surface area contributed by atoms with Crippen molar-refractivity contribution in [3.05, 3.63) is 64.0 Å². The van der Waals surface area contributed by atoms with Crippen molar-refractivity contribution in [2.24, 2.45) is 11.3 Å². The molecule has 41 heavy (non-hydrogen) atoms. The van der Waals surface area contributed by atoms with E-state index in [2.05, 4.69) is 29.8 Å². The molecule has 1 aromatic carbocycles. The number of benzene rings is 1. The van der Waals surface area contributed by atoms with Gasteiger partial charge < -0.3 is 14.5 Å². The molecule has 5 rings (SSSR count). The normalized spacial score (nSPS) is 24.0. The van der Waals surface area contributed by atoms with E-state index in [1.807, 2.05) is 19.1 Å². The van der Waals surface area contributed by atoms with Gasteiger partial charge in [-0.1, -0.05) is 26.0 Å². The van der Waals surface area contributed by atoms with Gasteiger partial charge in [0.15, 0.2) is 0 Å². The molecule has 0 radical (unpaired) electrons. The smallest absolute Gasteiger partial charge is 0.417 e. The highest BCUT2D eigenvalue weighted by molar-refractivity contribution is 5.91. The van der Waals surface area contributed by atoms with Crippen molar-refractivity contribution >= 4 is 11.9 Å². The van der Waals surface area contributed by atoms with E-state index < -0.39 is 17.2 Å². The number of pyridine rings is 1. The highest BCUT2D eigenvalue weighted by atomic mass is 19.4. The fourth-order valence-corrected chi connectivity index (χ4v) is 7.40. The molecule has 2 aliphatic heterocycles. The molecule has 0 N–H and O–H groups in total. The second kappa shape index (κ2) is 11.4. The summed E-state index contributed by atoms with van der Waals surface area (Å²) in [6.45, 7) is 8.73. The van der Waals surface area contributed by atoms with Crippen LogP contribution in [0.1, 0.15) is 90.2 Å². The van der Waals surface area contributed by atoms with E-state index >= 15 is 0 Å². The maximum absolute atomic E-state index is 14.1. The lowest BCUT2D eigenvalue weighted by Crippen LogP contribution is -2.49. The second-order valence-electron chi connectivity index (χ2n) is 12.3. The zero-order chi connectivity index (χ0) is 29.5. The number of nitrogens with zero attached hydrogens (tertiary/aromatic N) is 3. The summed E-state index contributed by atoms with van der Waals surface area (Å²) in [5.74, 6) is 0.263. The number of rotatable bonds is 5. The molecule has 0 spiro atoms. The molecular weight excluding hydrogens is 531 g/mol. The number of hydrogen-bond donors (Lipinski definition) is 0. The number of likely N-dealkylation sites (tertiary alicyclic amines) is 1. The van der Waals surface area contributed by atoms with Crippen molar-refractivity contribution in [2.45, 2.75) is 84.0 Å². The third kappa shape index (κ3) is 5.62. The van der Waals surface area contributed by atoms with Gasteiger partial charge in [0.05, 0.1) is 23.7 Å². The Hall–Kier alpha value is -2.94. The second-order valence-corrected chi connectivity index (χ2v) is 12.3. The molecule has 1 saturated carbocycles. The summed E-state index contributed by atoms with van der Waals surface area (Å²) in [5, 5.41) is 0. The Morgan fingerprint density at radius 1 is 1.12 bits per heavy atom. The number of methoxy groups -OCH3 is 1. The summed E-state index contributed by atoms with van der Waals surface area (Å²) in [6, 6.07) is 7.32. The van der Waals surface area contributed by atoms with Crippen LogP contribution in [0.2, 0.25) is 0 Å². The molecule has 9 heteroatoms. The Bertz CT molecular complexity index is 1300. The quantitative estimate of drug-likeness (QED) is 0.403. The largest absolute Gasteiger partial charge is 0.465 e. The molecule has 0 bridgehead atoms. The van der Waals surface area contributed by atoms with Gasteiger partial charge >= 0.3 is 12.1 Å². The van der Waals surface area contributed by atoms with E-state index in [4.69, 9.17) is 4.74 Å². The Labute approximate surface area is 240 Å². The lowest BCUT2D eigenvalue weighted by molar-refractivity contribution is -0.146. The first-order valence-electron chi connectivity index (χ1n) is 14.7. The molecule has 6 nitrogen and oxygen atoms in total. The highest BCUT2D eigenvalue weighted by Gasteiger charge is 2.51. The van der Waals surface area contributed by atoms with E-state index in [0.717, 1.165) is 63.0 Å². The van der Waals surface area contributed by atoms with Crippen molar-refractivity contribution in [1.29, 1.82) is 0 Å². The number of alkyl halides is 3. The molecule has 3 aliphatic rings. The summed E-state index contributed by atoms with van der Waals surface area (Å²) in [7, 11) is 1.40. The monoisotopic (exact) mass is 571 g/mol. The summed E-state index contributed by atoms with van der Waals surface area (Å²) in [4.78, 5) is 34.6. The predicted octanol–water partition coefficient (Wildman–Crippen LogP) is 6.15. The minimum absolute atomic E-state index is 0.0724. The fraction of sp³-hybridized carbons (Fsp3) is 0.594. The van der Waals surface area contributed by atoms with Gasteiger partial charge in [-0.15, -0.1) is 0 Å². The summed E-state index contributed by atoms with van der Waals surface area (Å²) in [6.07, 6.45) is 1.39. The zero-order valence-corrected chi connectivity index (χ0v) is 24.4. The maximum atomic E-state index is 14.1. The predicted molar refractivity (Wildman–Crippen MR) is 149 cm³/mol. The molecule has 1 aliphatic carbocycles. The number of carbonyl (C=O) groups excluding carboxylic acids is 2. The Kier molecular flexibility index (Phi) is 8.21. The summed E-state index contributed by atoms with van der Waals surface area (Å²) >= 11 is 0. The molecule has 2 fully saturated rings. The van der Waals surface area contributed by atoms with Crippen LogP contribution in [0.4, 0.5) is 13.2 Å². The third-order valence-corrected chi connectivity index (χ3v) is 9.98. The van der Waals surface area contributed by atoms with Gasteiger partial charge in [-0.2, -0.15) is 13.2 Å². The van der Waals surface area contributed by atoms with E-state index in [9.17, 15) is 22.8 Å². The van der Waals surface area contributed by atoms with E-state index in [0.29, 0.717) is 41.7 Å². The number of aromatic nitrogens is 1. The van der Waals surface area contributed by atoms with Crippen LogP contribution in [0.3, 0.4) is 0 Å². The number of fused-ring (bicyclic) bond motifs is 1. The van der Waals surface area contributed by atoms with Crippen LogP contribution >= 0.6 is 0 Å². The molecule has 1 amide bonds. The molecule has 1 saturated heterocycles. The first kappa shape index (κ1) is 29.5. The maximum Gasteiger partial charge on any atom is 0.417 e. The number of halogens is 3. The third-order valence-electron chi connectivity index (χ3n) is 9.98. The lowest BCUT2D eigenvalue weighted by atomic mass is 9.73. The van der Waals surface area contributed by atoms with Gasteiger partial charge in [0, 0.05) is 37.4 Å². The van der Waals surface area contributed by atoms with Crippen LogP contribution in [-0.4, -0.2) is 59.4 Å². The number of ether oxygens (including phenoxy) is 1.